The molecule has 0 atom stereocenters. The second-order valence-electron chi connectivity index (χ2n) is 6.96. The summed E-state index contributed by atoms with van der Waals surface area (Å²) in [5.41, 5.74) is 1.08. The first-order chi connectivity index (χ1) is 13.8. The lowest BCUT2D eigenvalue weighted by Gasteiger charge is -2.12. The largest absolute Gasteiger partial charge is 0.477 e. The summed E-state index contributed by atoms with van der Waals surface area (Å²) in [6.45, 7) is 9.78. The molecule has 2 rings (SSSR count). The smallest absolute Gasteiger partial charge is 0.213 e. The summed E-state index contributed by atoms with van der Waals surface area (Å²) >= 11 is 0. The Hall–Kier alpha value is -1.13. The fraction of sp³-hybridized carbons (Fsp3) is 0.714. The van der Waals surface area contributed by atoms with Crippen molar-refractivity contribution in [3.05, 3.63) is 23.9 Å². The first-order valence-electron chi connectivity index (χ1n) is 10.6. The van der Waals surface area contributed by atoms with Crippen LogP contribution in [0.1, 0.15) is 45.1 Å². The van der Waals surface area contributed by atoms with E-state index >= 15 is 0 Å². The molecule has 1 aliphatic carbocycles. The second-order valence-corrected chi connectivity index (χ2v) is 6.96. The number of nitrogens with zero attached hydrogens (tertiary/aromatic N) is 2. The summed E-state index contributed by atoms with van der Waals surface area (Å²) in [5, 5.41) is 6.54. The van der Waals surface area contributed by atoms with Crippen LogP contribution in [0.4, 0.5) is 0 Å². The molecule has 0 bridgehead atoms. The fourth-order valence-corrected chi connectivity index (χ4v) is 2.44. The van der Waals surface area contributed by atoms with E-state index in [0.717, 1.165) is 50.0 Å². The van der Waals surface area contributed by atoms with E-state index in [2.05, 4.69) is 34.5 Å². The van der Waals surface area contributed by atoms with Gasteiger partial charge in [-0.15, -0.1) is 24.0 Å². The number of nitrogens with one attached hydrogen (secondary N) is 2. The normalized spacial score (nSPS) is 13.7. The Kier molecular flexibility index (Phi) is 14.9. The van der Waals surface area contributed by atoms with Crippen LogP contribution < -0.4 is 15.4 Å². The third-order valence-electron chi connectivity index (χ3n) is 4.28. The molecule has 1 aliphatic rings. The Morgan fingerprint density at radius 2 is 1.93 bits per heavy atom. The summed E-state index contributed by atoms with van der Waals surface area (Å²) in [7, 11) is 0. The number of aliphatic imine (C=N–C) groups is 1. The predicted molar refractivity (Wildman–Crippen MR) is 127 cm³/mol. The zero-order valence-electron chi connectivity index (χ0n) is 17.8. The number of guanidine groups is 1. The molecule has 0 amide bonds. The summed E-state index contributed by atoms with van der Waals surface area (Å²) in [6, 6.07) is 3.94. The number of ether oxygens (including phenoxy) is 3. The van der Waals surface area contributed by atoms with Crippen LogP contribution in [0.2, 0.25) is 0 Å². The van der Waals surface area contributed by atoms with Crippen LogP contribution in [0.15, 0.2) is 23.3 Å². The maximum absolute atomic E-state index is 5.74. The van der Waals surface area contributed by atoms with Crippen LogP contribution in [0.5, 0.6) is 5.88 Å². The van der Waals surface area contributed by atoms with Gasteiger partial charge in [0.25, 0.3) is 0 Å². The molecule has 0 spiro atoms. The van der Waals surface area contributed by atoms with Crippen LogP contribution in [-0.4, -0.2) is 57.1 Å². The monoisotopic (exact) mass is 520 g/mol. The Morgan fingerprint density at radius 3 is 2.66 bits per heavy atom. The minimum absolute atomic E-state index is 0. The molecule has 0 radical (unpaired) electrons. The number of halogens is 1. The molecule has 0 aliphatic heterocycles. The highest BCUT2D eigenvalue weighted by atomic mass is 127. The molecule has 166 valence electrons. The molecular weight excluding hydrogens is 483 g/mol. The summed E-state index contributed by atoms with van der Waals surface area (Å²) in [5.74, 6) is 2.19. The second kappa shape index (κ2) is 16.6. The van der Waals surface area contributed by atoms with Crippen LogP contribution in [0.25, 0.3) is 0 Å². The molecule has 0 saturated heterocycles. The van der Waals surface area contributed by atoms with Crippen molar-refractivity contribution in [3.8, 4) is 5.88 Å². The molecular formula is C21H37IN4O3. The third-order valence-corrected chi connectivity index (χ3v) is 4.28. The number of rotatable bonds is 15. The molecule has 0 aromatic carbocycles. The van der Waals surface area contributed by atoms with Crippen LogP contribution in [0, 0.1) is 5.92 Å². The van der Waals surface area contributed by atoms with Crippen LogP contribution >= 0.6 is 24.0 Å². The first kappa shape index (κ1) is 25.9. The Bertz CT molecular complexity index is 571. The summed E-state index contributed by atoms with van der Waals surface area (Å²) < 4.78 is 16.8. The van der Waals surface area contributed by atoms with Gasteiger partial charge in [0.2, 0.25) is 5.88 Å². The molecule has 2 N–H and O–H groups in total. The van der Waals surface area contributed by atoms with Gasteiger partial charge in [-0.05, 0) is 43.7 Å². The summed E-state index contributed by atoms with van der Waals surface area (Å²) in [6.07, 6.45) is 6.60. The fourth-order valence-electron chi connectivity index (χ4n) is 2.44. The van der Waals surface area contributed by atoms with Crippen molar-refractivity contribution in [1.29, 1.82) is 0 Å². The molecule has 8 heteroatoms. The van der Waals surface area contributed by atoms with Gasteiger partial charge < -0.3 is 24.8 Å². The number of unbranched alkanes of at least 4 members (excludes halogenated alkanes) is 1. The van der Waals surface area contributed by atoms with E-state index in [1.165, 1.54) is 12.8 Å². The molecule has 1 heterocycles. The highest BCUT2D eigenvalue weighted by molar-refractivity contribution is 14.0. The molecule has 7 nitrogen and oxygen atoms in total. The van der Waals surface area contributed by atoms with Crippen molar-refractivity contribution in [3.63, 3.8) is 0 Å². The SMILES string of the molecule is CCCCOCCOCCNC(=NCc1ccnc(OCC2CC2)c1)NCC.I. The maximum Gasteiger partial charge on any atom is 0.213 e. The van der Waals surface area contributed by atoms with Crippen molar-refractivity contribution < 1.29 is 14.2 Å². The Labute approximate surface area is 192 Å². The molecule has 1 saturated carbocycles. The van der Waals surface area contributed by atoms with Gasteiger partial charge in [-0.25, -0.2) is 9.98 Å². The van der Waals surface area contributed by atoms with E-state index in [1.807, 2.05) is 12.1 Å². The number of pyridine rings is 1. The van der Waals surface area contributed by atoms with Gasteiger partial charge in [-0.1, -0.05) is 13.3 Å². The van der Waals surface area contributed by atoms with Gasteiger partial charge in [0.1, 0.15) is 0 Å². The maximum atomic E-state index is 5.74. The first-order valence-corrected chi connectivity index (χ1v) is 10.6. The molecule has 0 unspecified atom stereocenters. The minimum Gasteiger partial charge on any atom is -0.477 e. The zero-order valence-corrected chi connectivity index (χ0v) is 20.2. The zero-order chi connectivity index (χ0) is 19.9. The Balaban J connectivity index is 0.00000420. The van der Waals surface area contributed by atoms with Gasteiger partial charge >= 0.3 is 0 Å². The molecule has 29 heavy (non-hydrogen) atoms. The van der Waals surface area contributed by atoms with Gasteiger partial charge in [-0.3, -0.25) is 0 Å². The van der Waals surface area contributed by atoms with Crippen molar-refractivity contribution in [1.82, 2.24) is 15.6 Å². The van der Waals surface area contributed by atoms with E-state index in [9.17, 15) is 0 Å². The number of hydrogen-bond donors (Lipinski definition) is 2. The average molecular weight is 520 g/mol. The van der Waals surface area contributed by atoms with E-state index < -0.39 is 0 Å². The third kappa shape index (κ3) is 12.9. The molecule has 1 fully saturated rings. The predicted octanol–water partition coefficient (Wildman–Crippen LogP) is 3.38. The van der Waals surface area contributed by atoms with Gasteiger partial charge in [0, 0.05) is 32.0 Å². The standard InChI is InChI=1S/C21H36N4O3.HI/c1-3-5-11-26-13-14-27-12-10-24-21(22-4-2)25-16-19-8-9-23-20(15-19)28-17-18-6-7-18;/h8-9,15,18H,3-7,10-14,16-17H2,1-2H3,(H2,22,24,25);1H. The van der Waals surface area contributed by atoms with Crippen LogP contribution in [-0.2, 0) is 16.0 Å². The van der Waals surface area contributed by atoms with E-state index in [4.69, 9.17) is 14.2 Å². The van der Waals surface area contributed by atoms with Gasteiger partial charge in [0.05, 0.1) is 33.0 Å². The van der Waals surface area contributed by atoms with Crippen molar-refractivity contribution in [2.75, 3.05) is 46.1 Å². The van der Waals surface area contributed by atoms with E-state index in [-0.39, 0.29) is 24.0 Å². The van der Waals surface area contributed by atoms with Gasteiger partial charge in [0.15, 0.2) is 5.96 Å². The highest BCUT2D eigenvalue weighted by Gasteiger charge is 2.22. The number of hydrogen-bond acceptors (Lipinski definition) is 5. The quantitative estimate of drug-likeness (QED) is 0.160. The van der Waals surface area contributed by atoms with E-state index in [0.29, 0.717) is 38.8 Å². The van der Waals surface area contributed by atoms with E-state index in [1.54, 1.807) is 6.20 Å². The highest BCUT2D eigenvalue weighted by Crippen LogP contribution is 2.29. The van der Waals surface area contributed by atoms with Gasteiger partial charge in [-0.2, -0.15) is 0 Å². The minimum atomic E-state index is 0. The Morgan fingerprint density at radius 1 is 1.14 bits per heavy atom. The topological polar surface area (TPSA) is 77.0 Å². The lowest BCUT2D eigenvalue weighted by Crippen LogP contribution is -2.39. The molecule has 1 aromatic heterocycles. The van der Waals surface area contributed by atoms with Crippen molar-refractivity contribution in [2.45, 2.75) is 46.1 Å². The molecule has 1 aromatic rings. The van der Waals surface area contributed by atoms with Crippen molar-refractivity contribution in [2.24, 2.45) is 10.9 Å². The number of aromatic nitrogens is 1. The van der Waals surface area contributed by atoms with Crippen LogP contribution in [0.3, 0.4) is 0 Å². The lowest BCUT2D eigenvalue weighted by atomic mass is 10.3. The summed E-state index contributed by atoms with van der Waals surface area (Å²) in [4.78, 5) is 8.91. The van der Waals surface area contributed by atoms with Crippen molar-refractivity contribution >= 4 is 29.9 Å². The average Bonchev–Trinajstić information content (AvgIpc) is 3.54. The lowest BCUT2D eigenvalue weighted by molar-refractivity contribution is 0.0487.